The summed E-state index contributed by atoms with van der Waals surface area (Å²) < 4.78 is 0.803. The third-order valence-corrected chi connectivity index (χ3v) is 1.82. The summed E-state index contributed by atoms with van der Waals surface area (Å²) in [6, 6.07) is 7.57. The van der Waals surface area contributed by atoms with Crippen LogP contribution in [0.3, 0.4) is 0 Å². The van der Waals surface area contributed by atoms with Crippen molar-refractivity contribution in [2.24, 2.45) is 0 Å². The van der Waals surface area contributed by atoms with Crippen molar-refractivity contribution in [2.75, 3.05) is 0 Å². The quantitative estimate of drug-likeness (QED) is 0.620. The zero-order chi connectivity index (χ0) is 7.68. The molecule has 3 heteroatoms. The van der Waals surface area contributed by atoms with Crippen LogP contribution in [0, 0.1) is 6.20 Å². The lowest BCUT2D eigenvalue weighted by Crippen LogP contribution is -1.82. The van der Waals surface area contributed by atoms with Crippen LogP contribution in [0.4, 0.5) is 0 Å². The summed E-state index contributed by atoms with van der Waals surface area (Å²) in [5, 5.41) is 1.03. The predicted molar refractivity (Wildman–Crippen MR) is 46.1 cm³/mol. The zero-order valence-electron chi connectivity index (χ0n) is 5.58. The lowest BCUT2D eigenvalue weighted by atomic mass is 10.3. The molecule has 0 aromatic carbocycles. The predicted octanol–water partition coefficient (Wildman–Crippen LogP) is 2.19. The Hall–Kier alpha value is -0.960. The fourth-order valence-corrected chi connectivity index (χ4v) is 1.18. The van der Waals surface area contributed by atoms with Crippen molar-refractivity contribution < 1.29 is 0 Å². The van der Waals surface area contributed by atoms with Gasteiger partial charge in [-0.25, -0.2) is 9.97 Å². The number of pyridine rings is 2. The number of fused-ring (bicyclic) bond motifs is 1. The van der Waals surface area contributed by atoms with Crippen molar-refractivity contribution in [3.8, 4) is 0 Å². The first-order chi connectivity index (χ1) is 5.36. The monoisotopic (exact) mass is 207 g/mol. The second-order valence-corrected chi connectivity index (χ2v) is 2.93. The van der Waals surface area contributed by atoms with E-state index in [1.807, 2.05) is 18.2 Å². The molecule has 0 spiro atoms. The van der Waals surface area contributed by atoms with Crippen LogP contribution in [-0.2, 0) is 0 Å². The topological polar surface area (TPSA) is 25.8 Å². The van der Waals surface area contributed by atoms with Gasteiger partial charge in [0.05, 0.1) is 6.20 Å². The minimum Gasteiger partial charge on any atom is -0.226 e. The molecule has 2 nitrogen and oxygen atoms in total. The SMILES string of the molecule is Brc1ccc2cc[c]nc2n1. The Kier molecular flexibility index (Phi) is 1.58. The van der Waals surface area contributed by atoms with Crippen LogP contribution >= 0.6 is 15.9 Å². The summed E-state index contributed by atoms with van der Waals surface area (Å²) in [5.41, 5.74) is 0.724. The number of nitrogens with zero attached hydrogens (tertiary/aromatic N) is 2. The number of hydrogen-bond acceptors (Lipinski definition) is 2. The van der Waals surface area contributed by atoms with Gasteiger partial charge in [-0.3, -0.25) is 0 Å². The molecule has 0 unspecified atom stereocenters. The van der Waals surface area contributed by atoms with Crippen LogP contribution in [0.1, 0.15) is 0 Å². The van der Waals surface area contributed by atoms with Gasteiger partial charge < -0.3 is 0 Å². The molecule has 0 aliphatic heterocycles. The van der Waals surface area contributed by atoms with Gasteiger partial charge in [0, 0.05) is 5.39 Å². The van der Waals surface area contributed by atoms with Gasteiger partial charge in [-0.05, 0) is 40.2 Å². The highest BCUT2D eigenvalue weighted by Gasteiger charge is 1.93. The number of hydrogen-bond donors (Lipinski definition) is 0. The Morgan fingerprint density at radius 1 is 1.27 bits per heavy atom. The van der Waals surface area contributed by atoms with Gasteiger partial charge in [-0.1, -0.05) is 0 Å². The summed E-state index contributed by atoms with van der Waals surface area (Å²) in [4.78, 5) is 8.13. The normalized spacial score (nSPS) is 10.3. The Labute approximate surface area is 72.4 Å². The highest BCUT2D eigenvalue weighted by Crippen LogP contribution is 2.12. The van der Waals surface area contributed by atoms with Gasteiger partial charge in [0.2, 0.25) is 0 Å². The van der Waals surface area contributed by atoms with E-state index in [1.54, 1.807) is 6.07 Å². The van der Waals surface area contributed by atoms with E-state index in [1.165, 1.54) is 0 Å². The van der Waals surface area contributed by atoms with E-state index in [9.17, 15) is 0 Å². The first kappa shape index (κ1) is 6.73. The Balaban J connectivity index is 2.83. The fourth-order valence-electron chi connectivity index (χ4n) is 0.881. The van der Waals surface area contributed by atoms with E-state index in [-0.39, 0.29) is 0 Å². The van der Waals surface area contributed by atoms with E-state index < -0.39 is 0 Å². The van der Waals surface area contributed by atoms with Crippen molar-refractivity contribution in [3.63, 3.8) is 0 Å². The lowest BCUT2D eigenvalue weighted by Gasteiger charge is -1.93. The number of aromatic nitrogens is 2. The summed E-state index contributed by atoms with van der Waals surface area (Å²) in [7, 11) is 0. The molecule has 0 bridgehead atoms. The summed E-state index contributed by atoms with van der Waals surface area (Å²) >= 11 is 3.27. The van der Waals surface area contributed by atoms with Gasteiger partial charge in [0.25, 0.3) is 0 Å². The molecule has 0 N–H and O–H groups in total. The maximum Gasteiger partial charge on any atom is 0.161 e. The zero-order valence-corrected chi connectivity index (χ0v) is 7.17. The maximum absolute atomic E-state index is 4.15. The van der Waals surface area contributed by atoms with E-state index in [4.69, 9.17) is 0 Å². The van der Waals surface area contributed by atoms with Crippen molar-refractivity contribution in [2.45, 2.75) is 0 Å². The Morgan fingerprint density at radius 3 is 3.09 bits per heavy atom. The van der Waals surface area contributed by atoms with Gasteiger partial charge in [-0.2, -0.15) is 0 Å². The molecule has 2 rings (SSSR count). The average molecular weight is 208 g/mol. The highest BCUT2D eigenvalue weighted by molar-refractivity contribution is 9.10. The van der Waals surface area contributed by atoms with Crippen molar-refractivity contribution in [3.05, 3.63) is 35.1 Å². The third kappa shape index (κ3) is 1.24. The first-order valence-electron chi connectivity index (χ1n) is 3.15. The Morgan fingerprint density at radius 2 is 2.18 bits per heavy atom. The molecule has 1 radical (unpaired) electrons. The number of rotatable bonds is 0. The van der Waals surface area contributed by atoms with E-state index in [0.29, 0.717) is 0 Å². The fraction of sp³-hybridized carbons (Fsp3) is 0. The maximum atomic E-state index is 4.15. The Bertz CT molecular complexity index is 387. The molecule has 0 aliphatic rings. The van der Waals surface area contributed by atoms with Crippen LogP contribution in [0.5, 0.6) is 0 Å². The van der Waals surface area contributed by atoms with Gasteiger partial charge in [-0.15, -0.1) is 0 Å². The molecule has 0 saturated heterocycles. The van der Waals surface area contributed by atoms with Crippen LogP contribution in [0.25, 0.3) is 11.0 Å². The molecule has 0 amide bonds. The largest absolute Gasteiger partial charge is 0.226 e. The van der Waals surface area contributed by atoms with E-state index in [0.717, 1.165) is 15.6 Å². The number of halogens is 1. The van der Waals surface area contributed by atoms with Crippen molar-refractivity contribution in [1.82, 2.24) is 9.97 Å². The molecule has 0 aliphatic carbocycles. The molecule has 2 aromatic heterocycles. The minimum absolute atomic E-state index is 0.724. The van der Waals surface area contributed by atoms with Gasteiger partial charge in [0.1, 0.15) is 4.60 Å². The minimum atomic E-state index is 0.724. The molecule has 0 atom stereocenters. The molecule has 0 fully saturated rings. The molecule has 0 saturated carbocycles. The highest BCUT2D eigenvalue weighted by atomic mass is 79.9. The molecule has 11 heavy (non-hydrogen) atoms. The van der Waals surface area contributed by atoms with E-state index in [2.05, 4.69) is 32.1 Å². The molecular formula is C8H4BrN2. The van der Waals surface area contributed by atoms with Gasteiger partial charge >= 0.3 is 0 Å². The molecule has 53 valence electrons. The average Bonchev–Trinajstić information content (AvgIpc) is 2.04. The molecular weight excluding hydrogens is 204 g/mol. The van der Waals surface area contributed by atoms with Gasteiger partial charge in [0.15, 0.2) is 5.65 Å². The van der Waals surface area contributed by atoms with Crippen LogP contribution in [0.15, 0.2) is 28.9 Å². The van der Waals surface area contributed by atoms with Crippen molar-refractivity contribution >= 4 is 27.0 Å². The van der Waals surface area contributed by atoms with E-state index >= 15 is 0 Å². The van der Waals surface area contributed by atoms with Crippen molar-refractivity contribution in [1.29, 1.82) is 0 Å². The molecule has 2 heterocycles. The first-order valence-corrected chi connectivity index (χ1v) is 3.95. The van der Waals surface area contributed by atoms with Crippen LogP contribution in [-0.4, -0.2) is 9.97 Å². The second-order valence-electron chi connectivity index (χ2n) is 2.12. The summed E-state index contributed by atoms with van der Waals surface area (Å²) in [5.74, 6) is 0. The lowest BCUT2D eigenvalue weighted by molar-refractivity contribution is 1.25. The third-order valence-electron chi connectivity index (χ3n) is 1.38. The standard InChI is InChI=1S/C8H4BrN2/c9-7-4-3-6-2-1-5-10-8(6)11-7/h1-4H. The summed E-state index contributed by atoms with van der Waals surface area (Å²) in [6.45, 7) is 0. The van der Waals surface area contributed by atoms with Crippen LogP contribution < -0.4 is 0 Å². The summed E-state index contributed by atoms with van der Waals surface area (Å²) in [6.07, 6.45) is 2.73. The second kappa shape index (κ2) is 2.58. The molecule has 2 aromatic rings. The van der Waals surface area contributed by atoms with Crippen LogP contribution in [0.2, 0.25) is 0 Å². The smallest absolute Gasteiger partial charge is 0.161 e.